The van der Waals surface area contributed by atoms with Crippen LogP contribution in [0.2, 0.25) is 0 Å². The number of ether oxygens (including phenoxy) is 2. The molecule has 7 rings (SSSR count). The van der Waals surface area contributed by atoms with E-state index in [0.29, 0.717) is 5.95 Å². The first kappa shape index (κ1) is 17.9. The van der Waals surface area contributed by atoms with E-state index in [1.807, 2.05) is 22.8 Å². The third kappa shape index (κ3) is 3.06. The second kappa shape index (κ2) is 6.86. The molecule has 1 aromatic carbocycles. The molecule has 4 aliphatic heterocycles. The van der Waals surface area contributed by atoms with Gasteiger partial charge in [-0.25, -0.2) is 4.98 Å². The highest BCUT2D eigenvalue weighted by molar-refractivity contribution is 5.76. The van der Waals surface area contributed by atoms with E-state index in [2.05, 4.69) is 20.9 Å². The zero-order valence-corrected chi connectivity index (χ0v) is 17.3. The number of rotatable bonds is 3. The van der Waals surface area contributed by atoms with Crippen LogP contribution in [0.3, 0.4) is 0 Å². The minimum atomic E-state index is 0.274. The summed E-state index contributed by atoms with van der Waals surface area (Å²) in [6, 6.07) is 8.07. The van der Waals surface area contributed by atoms with Gasteiger partial charge in [0, 0.05) is 26.2 Å². The molecular formula is C22H25N7O2. The number of aromatic nitrogens is 5. The van der Waals surface area contributed by atoms with Gasteiger partial charge in [-0.3, -0.25) is 4.57 Å². The van der Waals surface area contributed by atoms with E-state index < -0.39 is 0 Å². The summed E-state index contributed by atoms with van der Waals surface area (Å²) >= 11 is 0. The van der Waals surface area contributed by atoms with Crippen molar-refractivity contribution in [2.45, 2.75) is 50.1 Å². The summed E-state index contributed by atoms with van der Waals surface area (Å²) in [7, 11) is 0. The second-order valence-electron chi connectivity index (χ2n) is 9.06. The van der Waals surface area contributed by atoms with Crippen molar-refractivity contribution >= 4 is 22.9 Å². The molecule has 3 aromatic rings. The summed E-state index contributed by atoms with van der Waals surface area (Å²) in [6.07, 6.45) is 7.36. The smallest absolute Gasteiger partial charge is 0.242 e. The van der Waals surface area contributed by atoms with Gasteiger partial charge in [0.2, 0.25) is 17.8 Å². The lowest BCUT2D eigenvalue weighted by molar-refractivity contribution is 0.0293. The number of imidazole rings is 1. The third-order valence-corrected chi connectivity index (χ3v) is 6.92. The lowest BCUT2D eigenvalue weighted by atomic mass is 10.2. The van der Waals surface area contributed by atoms with Gasteiger partial charge in [0.15, 0.2) is 0 Å². The van der Waals surface area contributed by atoms with E-state index >= 15 is 0 Å². The Balaban J connectivity index is 1.32. The van der Waals surface area contributed by atoms with E-state index in [1.54, 1.807) is 6.33 Å². The van der Waals surface area contributed by atoms with Crippen molar-refractivity contribution in [1.82, 2.24) is 24.5 Å². The highest BCUT2D eigenvalue weighted by Crippen LogP contribution is 2.32. The van der Waals surface area contributed by atoms with Gasteiger partial charge < -0.3 is 19.3 Å². The summed E-state index contributed by atoms with van der Waals surface area (Å²) in [4.78, 5) is 23.9. The molecule has 0 saturated carbocycles. The first-order valence-corrected chi connectivity index (χ1v) is 11.3. The normalized spacial score (nSPS) is 29.8. The Bertz CT molecular complexity index is 1060. The third-order valence-electron chi connectivity index (χ3n) is 6.92. The number of fused-ring (bicyclic) bond motifs is 5. The van der Waals surface area contributed by atoms with Crippen LogP contribution in [0.5, 0.6) is 0 Å². The van der Waals surface area contributed by atoms with Gasteiger partial charge in [-0.2, -0.15) is 15.0 Å². The first-order valence-electron chi connectivity index (χ1n) is 11.3. The Hall–Kier alpha value is -2.78. The van der Waals surface area contributed by atoms with Gasteiger partial charge in [0.25, 0.3) is 0 Å². The van der Waals surface area contributed by atoms with Crippen LogP contribution in [-0.4, -0.2) is 75.1 Å². The predicted octanol–water partition coefficient (Wildman–Crippen LogP) is 1.95. The molecule has 0 spiro atoms. The van der Waals surface area contributed by atoms with Gasteiger partial charge in [0.05, 0.1) is 35.4 Å². The summed E-state index contributed by atoms with van der Waals surface area (Å²) in [5, 5.41) is 0. The van der Waals surface area contributed by atoms with Gasteiger partial charge in [-0.1, -0.05) is 12.1 Å². The van der Waals surface area contributed by atoms with Crippen LogP contribution in [0.15, 0.2) is 30.6 Å². The molecule has 4 aliphatic rings. The number of para-hydroxylation sites is 2. The Morgan fingerprint density at radius 3 is 1.77 bits per heavy atom. The summed E-state index contributed by atoms with van der Waals surface area (Å²) in [6.45, 7) is 3.33. The predicted molar refractivity (Wildman–Crippen MR) is 115 cm³/mol. The van der Waals surface area contributed by atoms with Crippen LogP contribution in [0.1, 0.15) is 25.7 Å². The van der Waals surface area contributed by atoms with E-state index in [1.165, 1.54) is 0 Å². The number of nitrogens with zero attached hydrogens (tertiary/aromatic N) is 7. The van der Waals surface area contributed by atoms with E-state index in [4.69, 9.17) is 24.4 Å². The average molecular weight is 419 g/mol. The fourth-order valence-corrected chi connectivity index (χ4v) is 5.41. The number of anilines is 2. The topological polar surface area (TPSA) is 81.4 Å². The molecule has 31 heavy (non-hydrogen) atoms. The summed E-state index contributed by atoms with van der Waals surface area (Å²) < 4.78 is 14.0. The number of benzene rings is 1. The number of morpholine rings is 2. The molecule has 0 amide bonds. The Labute approximate surface area is 180 Å². The Kier molecular flexibility index (Phi) is 3.95. The molecule has 4 unspecified atom stereocenters. The maximum Gasteiger partial charge on any atom is 0.242 e. The van der Waals surface area contributed by atoms with Crippen molar-refractivity contribution in [3.63, 3.8) is 0 Å². The molecule has 9 nitrogen and oxygen atoms in total. The molecule has 2 aromatic heterocycles. The molecule has 4 saturated heterocycles. The van der Waals surface area contributed by atoms with Crippen LogP contribution in [0.25, 0.3) is 17.0 Å². The molecule has 160 valence electrons. The zero-order valence-electron chi connectivity index (χ0n) is 17.3. The maximum atomic E-state index is 6.04. The fraction of sp³-hybridized carbons (Fsp3) is 0.545. The van der Waals surface area contributed by atoms with Crippen molar-refractivity contribution in [3.8, 4) is 5.95 Å². The van der Waals surface area contributed by atoms with Gasteiger partial charge in [-0.05, 0) is 37.8 Å². The lowest BCUT2D eigenvalue weighted by Crippen LogP contribution is -2.45. The summed E-state index contributed by atoms with van der Waals surface area (Å²) in [5.74, 6) is 2.08. The molecule has 0 radical (unpaired) electrons. The second-order valence-corrected chi connectivity index (χ2v) is 9.06. The standard InChI is InChI=1S/C22H25N7O2/c1-2-4-19-18(3-1)23-13-29(19)22-25-20(27-9-14-5-6-15(10-27)30-14)24-21(26-22)28-11-16-7-8-17(12-28)31-16/h1-4,13-17H,5-12H2. The van der Waals surface area contributed by atoms with Crippen molar-refractivity contribution in [3.05, 3.63) is 30.6 Å². The van der Waals surface area contributed by atoms with Crippen molar-refractivity contribution < 1.29 is 9.47 Å². The molecular weight excluding hydrogens is 394 g/mol. The van der Waals surface area contributed by atoms with Crippen LogP contribution in [0, 0.1) is 0 Å². The number of hydrogen-bond acceptors (Lipinski definition) is 8. The highest BCUT2D eigenvalue weighted by atomic mass is 16.5. The number of hydrogen-bond donors (Lipinski definition) is 0. The van der Waals surface area contributed by atoms with Crippen LogP contribution in [0.4, 0.5) is 11.9 Å². The van der Waals surface area contributed by atoms with Gasteiger partial charge in [0.1, 0.15) is 6.33 Å². The zero-order chi connectivity index (χ0) is 20.4. The SMILES string of the molecule is c1ccc2c(c1)ncn2-c1nc(N2CC3CCC(C2)O3)nc(N2CC3CCC(C2)O3)n1. The van der Waals surface area contributed by atoms with Crippen molar-refractivity contribution in [2.75, 3.05) is 36.0 Å². The summed E-state index contributed by atoms with van der Waals surface area (Å²) in [5.41, 5.74) is 1.93. The van der Waals surface area contributed by atoms with Gasteiger partial charge in [-0.15, -0.1) is 0 Å². The molecule has 9 heteroatoms. The highest BCUT2D eigenvalue weighted by Gasteiger charge is 2.37. The van der Waals surface area contributed by atoms with Crippen LogP contribution in [-0.2, 0) is 9.47 Å². The minimum Gasteiger partial charge on any atom is -0.371 e. The largest absolute Gasteiger partial charge is 0.371 e. The maximum absolute atomic E-state index is 6.04. The minimum absolute atomic E-state index is 0.274. The first-order chi connectivity index (χ1) is 15.3. The monoisotopic (exact) mass is 419 g/mol. The van der Waals surface area contributed by atoms with Gasteiger partial charge >= 0.3 is 0 Å². The van der Waals surface area contributed by atoms with E-state index in [0.717, 1.165) is 74.8 Å². The van der Waals surface area contributed by atoms with E-state index in [-0.39, 0.29) is 24.4 Å². The van der Waals surface area contributed by atoms with E-state index in [9.17, 15) is 0 Å². The lowest BCUT2D eigenvalue weighted by Gasteiger charge is -2.34. The van der Waals surface area contributed by atoms with Crippen LogP contribution < -0.4 is 9.80 Å². The molecule has 0 N–H and O–H groups in total. The van der Waals surface area contributed by atoms with Crippen molar-refractivity contribution in [2.24, 2.45) is 0 Å². The van der Waals surface area contributed by atoms with Crippen LogP contribution >= 0.6 is 0 Å². The fourth-order valence-electron chi connectivity index (χ4n) is 5.41. The van der Waals surface area contributed by atoms with Crippen molar-refractivity contribution in [1.29, 1.82) is 0 Å². The molecule has 4 fully saturated rings. The molecule has 4 atom stereocenters. The quantitative estimate of drug-likeness (QED) is 0.637. The molecule has 4 bridgehead atoms. The Morgan fingerprint density at radius 1 is 0.677 bits per heavy atom. The molecule has 6 heterocycles. The molecule has 0 aliphatic carbocycles. The Morgan fingerprint density at radius 2 is 1.19 bits per heavy atom. The average Bonchev–Trinajstić information content (AvgIpc) is 3.49.